The molecule has 1 atom stereocenters. The highest BCUT2D eigenvalue weighted by Crippen LogP contribution is 2.32. The predicted molar refractivity (Wildman–Crippen MR) is 117 cm³/mol. The number of hydrogen-bond acceptors (Lipinski definition) is 5. The topological polar surface area (TPSA) is 71.8 Å². The second kappa shape index (κ2) is 9.41. The first-order valence-electron chi connectivity index (χ1n) is 10.1. The molecular formula is C21H23F4N3O3S2. The quantitative estimate of drug-likeness (QED) is 0.425. The second-order valence-corrected chi connectivity index (χ2v) is 11.0. The fourth-order valence-electron chi connectivity index (χ4n) is 3.55. The van der Waals surface area contributed by atoms with Gasteiger partial charge in [-0.25, -0.2) is 17.8 Å². The number of nitrogens with zero attached hydrogens (tertiary/aromatic N) is 3. The van der Waals surface area contributed by atoms with E-state index in [1.54, 1.807) is 6.92 Å². The third-order valence-corrected chi connectivity index (χ3v) is 7.94. The Morgan fingerprint density at radius 2 is 2.00 bits per heavy atom. The molecule has 3 rings (SSSR count). The fraction of sp³-hybridized carbons (Fsp3) is 0.429. The van der Waals surface area contributed by atoms with Gasteiger partial charge < -0.3 is 4.90 Å². The summed E-state index contributed by atoms with van der Waals surface area (Å²) >= 11 is 1.40. The Morgan fingerprint density at radius 1 is 1.30 bits per heavy atom. The Balaban J connectivity index is 1.92. The normalized spacial score (nSPS) is 13.4. The minimum atomic E-state index is -4.90. The van der Waals surface area contributed by atoms with Crippen LogP contribution in [0.1, 0.15) is 42.4 Å². The zero-order chi connectivity index (χ0) is 24.6. The molecule has 6 nitrogen and oxygen atoms in total. The van der Waals surface area contributed by atoms with Gasteiger partial charge in [0.15, 0.2) is 14.8 Å². The van der Waals surface area contributed by atoms with E-state index in [1.807, 2.05) is 22.9 Å². The third-order valence-electron chi connectivity index (χ3n) is 5.50. The number of benzene rings is 1. The van der Waals surface area contributed by atoms with Crippen LogP contribution in [0.25, 0.3) is 4.96 Å². The van der Waals surface area contributed by atoms with Gasteiger partial charge in [0.05, 0.1) is 29.5 Å². The molecule has 1 aromatic carbocycles. The number of carbonyl (C=O) groups is 1. The summed E-state index contributed by atoms with van der Waals surface area (Å²) in [4.78, 5) is 19.7. The zero-order valence-corrected chi connectivity index (χ0v) is 19.8. The number of aryl methyl sites for hydroxylation is 1. The van der Waals surface area contributed by atoms with Gasteiger partial charge in [-0.15, -0.1) is 11.3 Å². The Morgan fingerprint density at radius 3 is 2.61 bits per heavy atom. The van der Waals surface area contributed by atoms with Gasteiger partial charge in [0.2, 0.25) is 5.91 Å². The Kier molecular flexibility index (Phi) is 7.18. The van der Waals surface area contributed by atoms with E-state index in [4.69, 9.17) is 0 Å². The van der Waals surface area contributed by atoms with E-state index in [-0.39, 0.29) is 23.6 Å². The lowest BCUT2D eigenvalue weighted by Gasteiger charge is -2.29. The van der Waals surface area contributed by atoms with Crippen molar-refractivity contribution in [1.29, 1.82) is 0 Å². The lowest BCUT2D eigenvalue weighted by molar-refractivity contribution is -0.140. The van der Waals surface area contributed by atoms with Gasteiger partial charge in [0.1, 0.15) is 5.82 Å². The summed E-state index contributed by atoms with van der Waals surface area (Å²) in [7, 11) is -3.41. The minimum Gasteiger partial charge on any atom is -0.333 e. The molecule has 180 valence electrons. The Hall–Kier alpha value is -2.47. The van der Waals surface area contributed by atoms with Crippen LogP contribution >= 0.6 is 11.3 Å². The largest absolute Gasteiger partial charge is 0.419 e. The lowest BCUT2D eigenvalue weighted by atomic mass is 10.1. The Bertz CT molecular complexity index is 1270. The van der Waals surface area contributed by atoms with E-state index in [9.17, 15) is 30.8 Å². The molecule has 1 unspecified atom stereocenters. The van der Waals surface area contributed by atoms with Crippen molar-refractivity contribution in [3.05, 3.63) is 58.1 Å². The highest BCUT2D eigenvalue weighted by molar-refractivity contribution is 7.91. The number of hydrogen-bond donors (Lipinski definition) is 0. The van der Waals surface area contributed by atoms with Gasteiger partial charge in [-0.3, -0.25) is 9.20 Å². The molecule has 33 heavy (non-hydrogen) atoms. The number of imidazole rings is 1. The molecule has 12 heteroatoms. The van der Waals surface area contributed by atoms with Crippen molar-refractivity contribution in [1.82, 2.24) is 14.3 Å². The van der Waals surface area contributed by atoms with E-state index < -0.39 is 45.8 Å². The molecule has 0 aliphatic carbocycles. The standard InChI is InChI=1S/C21H23F4N3O3S2/c1-4-33(30,31)10-8-27(13(2)19-14(3)28-7-9-32-20(28)26-19)18(29)12-15-5-6-17(22)16(11-15)21(23,24)25/h5-7,9,11,13H,4,8,10,12H2,1-3H3. The van der Waals surface area contributed by atoms with Gasteiger partial charge in [0.25, 0.3) is 0 Å². The van der Waals surface area contributed by atoms with Crippen molar-refractivity contribution in [2.75, 3.05) is 18.1 Å². The maximum Gasteiger partial charge on any atom is 0.419 e. The number of amides is 1. The van der Waals surface area contributed by atoms with E-state index in [1.165, 1.54) is 23.2 Å². The van der Waals surface area contributed by atoms with Gasteiger partial charge in [-0.05, 0) is 31.5 Å². The molecule has 0 aliphatic rings. The average Bonchev–Trinajstić information content (AvgIpc) is 3.31. The van der Waals surface area contributed by atoms with E-state index in [0.29, 0.717) is 22.8 Å². The molecule has 1 amide bonds. The van der Waals surface area contributed by atoms with Crippen LogP contribution in [0.4, 0.5) is 17.6 Å². The number of sulfone groups is 1. The highest BCUT2D eigenvalue weighted by Gasteiger charge is 2.34. The molecule has 0 saturated carbocycles. The first-order chi connectivity index (χ1) is 15.3. The maximum absolute atomic E-state index is 13.6. The van der Waals surface area contributed by atoms with Crippen molar-refractivity contribution < 1.29 is 30.8 Å². The average molecular weight is 506 g/mol. The van der Waals surface area contributed by atoms with Crippen LogP contribution in [0.5, 0.6) is 0 Å². The molecule has 2 heterocycles. The second-order valence-electron chi connectivity index (χ2n) is 7.63. The maximum atomic E-state index is 13.6. The summed E-state index contributed by atoms with van der Waals surface area (Å²) in [5, 5.41) is 1.85. The smallest absolute Gasteiger partial charge is 0.333 e. The molecule has 0 saturated heterocycles. The van der Waals surface area contributed by atoms with Crippen molar-refractivity contribution >= 4 is 32.0 Å². The lowest BCUT2D eigenvalue weighted by Crippen LogP contribution is -2.39. The summed E-state index contributed by atoms with van der Waals surface area (Å²) < 4.78 is 78.8. The summed E-state index contributed by atoms with van der Waals surface area (Å²) in [6.07, 6.45) is -3.52. The first kappa shape index (κ1) is 25.2. The molecule has 0 fully saturated rings. The van der Waals surface area contributed by atoms with E-state index >= 15 is 0 Å². The van der Waals surface area contributed by atoms with Crippen LogP contribution in [-0.2, 0) is 27.2 Å². The minimum absolute atomic E-state index is 0.0215. The number of alkyl halides is 3. The van der Waals surface area contributed by atoms with Crippen molar-refractivity contribution in [2.45, 2.75) is 39.4 Å². The SMILES string of the molecule is CCS(=O)(=O)CCN(C(=O)Cc1ccc(F)c(C(F)(F)F)c1)C(C)c1nc2sccn2c1C. The molecule has 2 aromatic heterocycles. The first-order valence-corrected chi connectivity index (χ1v) is 12.8. The Labute approximate surface area is 192 Å². The predicted octanol–water partition coefficient (Wildman–Crippen LogP) is 4.43. The number of rotatable bonds is 8. The zero-order valence-electron chi connectivity index (χ0n) is 18.2. The monoisotopic (exact) mass is 505 g/mol. The van der Waals surface area contributed by atoms with Gasteiger partial charge in [-0.1, -0.05) is 13.0 Å². The molecule has 0 radical (unpaired) electrons. The highest BCUT2D eigenvalue weighted by atomic mass is 32.2. The molecule has 3 aromatic rings. The number of halogens is 4. The van der Waals surface area contributed by atoms with Crippen LogP contribution in [-0.4, -0.2) is 46.7 Å². The van der Waals surface area contributed by atoms with Gasteiger partial charge in [0, 0.05) is 29.6 Å². The third kappa shape index (κ3) is 5.55. The van der Waals surface area contributed by atoms with Crippen LogP contribution in [0.3, 0.4) is 0 Å². The van der Waals surface area contributed by atoms with Crippen molar-refractivity contribution in [3.8, 4) is 0 Å². The fourth-order valence-corrected chi connectivity index (χ4v) is 5.08. The van der Waals surface area contributed by atoms with E-state index in [0.717, 1.165) is 11.8 Å². The van der Waals surface area contributed by atoms with Crippen LogP contribution in [0.15, 0.2) is 29.8 Å². The number of aromatic nitrogens is 2. The molecular weight excluding hydrogens is 482 g/mol. The number of carbonyl (C=O) groups excluding carboxylic acids is 1. The number of fused-ring (bicyclic) bond motifs is 1. The number of thiazole rings is 1. The summed E-state index contributed by atoms with van der Waals surface area (Å²) in [5.74, 6) is -2.40. The molecule has 0 N–H and O–H groups in total. The summed E-state index contributed by atoms with van der Waals surface area (Å²) in [6.45, 7) is 4.87. The molecule has 0 aliphatic heterocycles. The summed E-state index contributed by atoms with van der Waals surface area (Å²) in [6, 6.07) is 1.77. The van der Waals surface area contributed by atoms with Crippen molar-refractivity contribution in [3.63, 3.8) is 0 Å². The van der Waals surface area contributed by atoms with Crippen LogP contribution < -0.4 is 0 Å². The van der Waals surface area contributed by atoms with Gasteiger partial charge >= 0.3 is 6.18 Å². The van der Waals surface area contributed by atoms with Crippen molar-refractivity contribution in [2.24, 2.45) is 0 Å². The molecule has 0 bridgehead atoms. The van der Waals surface area contributed by atoms with E-state index in [2.05, 4.69) is 4.98 Å². The van der Waals surface area contributed by atoms with Crippen LogP contribution in [0, 0.1) is 12.7 Å². The van der Waals surface area contributed by atoms with Crippen LogP contribution in [0.2, 0.25) is 0 Å². The molecule has 0 spiro atoms. The van der Waals surface area contributed by atoms with Gasteiger partial charge in [-0.2, -0.15) is 13.2 Å². The summed E-state index contributed by atoms with van der Waals surface area (Å²) in [5.41, 5.74) is -0.131.